The predicted octanol–water partition coefficient (Wildman–Crippen LogP) is 1.94. The summed E-state index contributed by atoms with van der Waals surface area (Å²) in [5.74, 6) is 0.947. The maximum atomic E-state index is 6.12. The lowest BCUT2D eigenvalue weighted by Crippen LogP contribution is -2.44. The van der Waals surface area contributed by atoms with Gasteiger partial charge in [-0.3, -0.25) is 0 Å². The van der Waals surface area contributed by atoms with Gasteiger partial charge >= 0.3 is 0 Å². The number of piperazine rings is 1. The van der Waals surface area contributed by atoms with Crippen LogP contribution in [0.3, 0.4) is 0 Å². The molecule has 104 valence electrons. The van der Waals surface area contributed by atoms with Gasteiger partial charge in [0.15, 0.2) is 0 Å². The molecule has 0 spiro atoms. The quantitative estimate of drug-likeness (QED) is 0.791. The van der Waals surface area contributed by atoms with Crippen molar-refractivity contribution in [2.75, 3.05) is 38.1 Å². The molecule has 5 nitrogen and oxygen atoms in total. The molecule has 0 atom stereocenters. The van der Waals surface area contributed by atoms with Gasteiger partial charge < -0.3 is 9.80 Å². The number of halogens is 1. The van der Waals surface area contributed by atoms with Crippen molar-refractivity contribution in [1.82, 2.24) is 19.9 Å². The molecule has 1 saturated heterocycles. The molecular formula is C14H16ClN5. The first-order valence-electron chi connectivity index (χ1n) is 6.60. The number of hydrogen-bond donors (Lipinski definition) is 0. The highest BCUT2D eigenvalue weighted by atomic mass is 35.5. The van der Waals surface area contributed by atoms with E-state index in [1.54, 1.807) is 12.5 Å². The van der Waals surface area contributed by atoms with Crippen LogP contribution in [-0.4, -0.2) is 53.1 Å². The average Bonchev–Trinajstić information content (AvgIpc) is 2.49. The molecule has 2 aromatic rings. The van der Waals surface area contributed by atoms with Crippen LogP contribution in [-0.2, 0) is 0 Å². The molecule has 1 aliphatic rings. The molecule has 0 aromatic carbocycles. The largest absolute Gasteiger partial charge is 0.354 e. The molecule has 0 N–H and O–H groups in total. The first kappa shape index (κ1) is 13.3. The van der Waals surface area contributed by atoms with E-state index < -0.39 is 0 Å². The lowest BCUT2D eigenvalue weighted by molar-refractivity contribution is 0.312. The first-order valence-corrected chi connectivity index (χ1v) is 6.98. The Labute approximate surface area is 123 Å². The zero-order valence-corrected chi connectivity index (χ0v) is 12.1. The predicted molar refractivity (Wildman–Crippen MR) is 80.0 cm³/mol. The van der Waals surface area contributed by atoms with Crippen molar-refractivity contribution < 1.29 is 0 Å². The van der Waals surface area contributed by atoms with Gasteiger partial charge in [-0.05, 0) is 19.2 Å². The van der Waals surface area contributed by atoms with Crippen LogP contribution in [0.4, 0.5) is 5.82 Å². The summed E-state index contributed by atoms with van der Waals surface area (Å²) in [6.07, 6.45) is 3.26. The molecule has 1 fully saturated rings. The third kappa shape index (κ3) is 2.73. The molecule has 1 aliphatic heterocycles. The Kier molecular flexibility index (Phi) is 3.80. The zero-order chi connectivity index (χ0) is 13.9. The van der Waals surface area contributed by atoms with Crippen LogP contribution in [0.1, 0.15) is 0 Å². The van der Waals surface area contributed by atoms with Crippen molar-refractivity contribution >= 4 is 17.4 Å². The highest BCUT2D eigenvalue weighted by Crippen LogP contribution is 2.26. The van der Waals surface area contributed by atoms with Crippen LogP contribution >= 0.6 is 11.6 Å². The number of hydrogen-bond acceptors (Lipinski definition) is 5. The lowest BCUT2D eigenvalue weighted by Gasteiger charge is -2.33. The van der Waals surface area contributed by atoms with Crippen molar-refractivity contribution in [1.29, 1.82) is 0 Å². The van der Waals surface area contributed by atoms with Gasteiger partial charge in [-0.2, -0.15) is 0 Å². The second-order valence-corrected chi connectivity index (χ2v) is 5.25. The summed E-state index contributed by atoms with van der Waals surface area (Å²) in [4.78, 5) is 17.4. The molecule has 0 radical (unpaired) electrons. The van der Waals surface area contributed by atoms with Gasteiger partial charge in [-0.25, -0.2) is 15.0 Å². The summed E-state index contributed by atoms with van der Waals surface area (Å²) < 4.78 is 0. The second-order valence-electron chi connectivity index (χ2n) is 4.89. The number of anilines is 1. The van der Waals surface area contributed by atoms with Gasteiger partial charge in [-0.15, -0.1) is 0 Å². The maximum Gasteiger partial charge on any atom is 0.138 e. The minimum absolute atomic E-state index is 0.468. The van der Waals surface area contributed by atoms with Crippen LogP contribution in [0.2, 0.25) is 5.15 Å². The Morgan fingerprint density at radius 1 is 1.10 bits per heavy atom. The van der Waals surface area contributed by atoms with E-state index in [2.05, 4.69) is 31.8 Å². The highest BCUT2D eigenvalue weighted by Gasteiger charge is 2.16. The van der Waals surface area contributed by atoms with Crippen LogP contribution < -0.4 is 4.90 Å². The molecule has 0 unspecified atom stereocenters. The van der Waals surface area contributed by atoms with Crippen LogP contribution in [0.5, 0.6) is 0 Å². The van der Waals surface area contributed by atoms with Gasteiger partial charge in [0.25, 0.3) is 0 Å². The third-order valence-electron chi connectivity index (χ3n) is 3.51. The SMILES string of the molecule is CN1CCN(c2cc(-c3cccnc3Cl)ncn2)CC1. The monoisotopic (exact) mass is 289 g/mol. The van der Waals surface area contributed by atoms with Gasteiger partial charge in [0, 0.05) is 44.0 Å². The van der Waals surface area contributed by atoms with Crippen molar-refractivity contribution in [3.8, 4) is 11.3 Å². The smallest absolute Gasteiger partial charge is 0.138 e. The Bertz CT molecular complexity index is 596. The van der Waals surface area contributed by atoms with E-state index in [-0.39, 0.29) is 0 Å². The van der Waals surface area contributed by atoms with Gasteiger partial charge in [0.05, 0.1) is 5.69 Å². The Morgan fingerprint density at radius 3 is 2.65 bits per heavy atom. The van der Waals surface area contributed by atoms with Crippen LogP contribution in [0.25, 0.3) is 11.3 Å². The molecule has 2 aromatic heterocycles. The van der Waals surface area contributed by atoms with Crippen molar-refractivity contribution in [3.63, 3.8) is 0 Å². The molecule has 0 amide bonds. The van der Waals surface area contributed by atoms with Gasteiger partial charge in [0.2, 0.25) is 0 Å². The van der Waals surface area contributed by atoms with Gasteiger partial charge in [-0.1, -0.05) is 11.6 Å². The molecule has 0 bridgehead atoms. The fourth-order valence-electron chi connectivity index (χ4n) is 2.28. The van der Waals surface area contributed by atoms with E-state index in [0.29, 0.717) is 5.15 Å². The molecular weight excluding hydrogens is 274 g/mol. The van der Waals surface area contributed by atoms with E-state index in [0.717, 1.165) is 43.3 Å². The average molecular weight is 290 g/mol. The van der Waals surface area contributed by atoms with E-state index in [1.165, 1.54) is 0 Å². The number of nitrogens with zero attached hydrogens (tertiary/aromatic N) is 5. The Morgan fingerprint density at radius 2 is 1.90 bits per heavy atom. The van der Waals surface area contributed by atoms with Crippen molar-refractivity contribution in [2.45, 2.75) is 0 Å². The molecule has 6 heteroatoms. The van der Waals surface area contributed by atoms with E-state index in [4.69, 9.17) is 11.6 Å². The fraction of sp³-hybridized carbons (Fsp3) is 0.357. The molecule has 3 heterocycles. The topological polar surface area (TPSA) is 45.2 Å². The summed E-state index contributed by atoms with van der Waals surface area (Å²) in [6, 6.07) is 5.76. The number of aromatic nitrogens is 3. The van der Waals surface area contributed by atoms with Crippen LogP contribution in [0.15, 0.2) is 30.7 Å². The minimum atomic E-state index is 0.468. The lowest BCUT2D eigenvalue weighted by atomic mass is 10.2. The number of likely N-dealkylation sites (N-methyl/N-ethyl adjacent to an activating group) is 1. The minimum Gasteiger partial charge on any atom is -0.354 e. The normalized spacial score (nSPS) is 16.4. The summed E-state index contributed by atoms with van der Waals surface area (Å²) in [5, 5.41) is 0.468. The van der Waals surface area contributed by atoms with Crippen molar-refractivity contribution in [3.05, 3.63) is 35.9 Å². The highest BCUT2D eigenvalue weighted by molar-refractivity contribution is 6.32. The Balaban J connectivity index is 1.88. The van der Waals surface area contributed by atoms with Crippen LogP contribution in [0, 0.1) is 0 Å². The van der Waals surface area contributed by atoms with Gasteiger partial charge in [0.1, 0.15) is 17.3 Å². The molecule has 20 heavy (non-hydrogen) atoms. The summed E-state index contributed by atoms with van der Waals surface area (Å²) in [7, 11) is 2.14. The molecule has 0 saturated carbocycles. The summed E-state index contributed by atoms with van der Waals surface area (Å²) in [6.45, 7) is 4.06. The zero-order valence-electron chi connectivity index (χ0n) is 11.3. The third-order valence-corrected chi connectivity index (χ3v) is 3.82. The Hall–Kier alpha value is -1.72. The second kappa shape index (κ2) is 5.73. The van der Waals surface area contributed by atoms with E-state index in [1.807, 2.05) is 18.2 Å². The number of pyridine rings is 1. The van der Waals surface area contributed by atoms with E-state index >= 15 is 0 Å². The van der Waals surface area contributed by atoms with E-state index in [9.17, 15) is 0 Å². The fourth-order valence-corrected chi connectivity index (χ4v) is 2.50. The first-order chi connectivity index (χ1) is 9.74. The molecule has 0 aliphatic carbocycles. The molecule has 3 rings (SSSR count). The number of rotatable bonds is 2. The summed E-state index contributed by atoms with van der Waals surface area (Å²) in [5.41, 5.74) is 1.65. The maximum absolute atomic E-state index is 6.12. The summed E-state index contributed by atoms with van der Waals surface area (Å²) >= 11 is 6.12. The standard InChI is InChI=1S/C14H16ClN5/c1-19-5-7-20(8-6-19)13-9-12(17-10-18-13)11-3-2-4-16-14(11)15/h2-4,9-10H,5-8H2,1H3. The van der Waals surface area contributed by atoms with Crippen molar-refractivity contribution in [2.24, 2.45) is 0 Å².